The molecule has 0 saturated carbocycles. The molecule has 0 fully saturated rings. The Kier molecular flexibility index (Phi) is 7.67. The summed E-state index contributed by atoms with van der Waals surface area (Å²) in [6, 6.07) is 14.5. The minimum Gasteiger partial charge on any atom is -0.490 e. The van der Waals surface area contributed by atoms with Gasteiger partial charge in [0.15, 0.2) is 11.5 Å². The van der Waals surface area contributed by atoms with Crippen LogP contribution in [0.4, 0.5) is 5.95 Å². The van der Waals surface area contributed by atoms with Crippen molar-refractivity contribution in [3.8, 4) is 11.5 Å². The smallest absolute Gasteiger partial charge is 0.252 e. The van der Waals surface area contributed by atoms with E-state index in [0.717, 1.165) is 11.1 Å². The molecule has 3 rings (SSSR count). The van der Waals surface area contributed by atoms with Crippen LogP contribution in [0.5, 0.6) is 11.5 Å². The number of benzene rings is 2. The predicted octanol–water partition coefficient (Wildman–Crippen LogP) is 4.97. The molecule has 162 valence electrons. The van der Waals surface area contributed by atoms with Crippen molar-refractivity contribution in [1.29, 1.82) is 0 Å². The van der Waals surface area contributed by atoms with Crippen molar-refractivity contribution >= 4 is 23.8 Å². The molecule has 0 saturated heterocycles. The maximum absolute atomic E-state index is 11.8. The molecule has 0 spiro atoms. The molecule has 0 bridgehead atoms. The lowest BCUT2D eigenvalue weighted by molar-refractivity contribution is 0.269. The largest absolute Gasteiger partial charge is 0.490 e. The van der Waals surface area contributed by atoms with Crippen LogP contribution < -0.4 is 20.5 Å². The number of H-pyrrole nitrogens is 1. The second-order valence-electron chi connectivity index (χ2n) is 7.10. The molecular formula is C23H25ClN4O3. The summed E-state index contributed by atoms with van der Waals surface area (Å²) >= 11 is 6.03. The molecule has 1 heterocycles. The van der Waals surface area contributed by atoms with Crippen molar-refractivity contribution < 1.29 is 9.47 Å². The van der Waals surface area contributed by atoms with Crippen molar-refractivity contribution in [3.63, 3.8) is 0 Å². The van der Waals surface area contributed by atoms with E-state index in [0.29, 0.717) is 41.4 Å². The summed E-state index contributed by atoms with van der Waals surface area (Å²) in [5.41, 5.74) is 5.00. The van der Waals surface area contributed by atoms with Crippen molar-refractivity contribution in [2.75, 3.05) is 12.0 Å². The predicted molar refractivity (Wildman–Crippen MR) is 124 cm³/mol. The first kappa shape index (κ1) is 22.4. The van der Waals surface area contributed by atoms with E-state index >= 15 is 0 Å². The number of hydrogen-bond donors (Lipinski definition) is 2. The zero-order chi connectivity index (χ0) is 22.2. The molecule has 8 heteroatoms. The quantitative estimate of drug-likeness (QED) is 0.362. The van der Waals surface area contributed by atoms with Crippen LogP contribution in [0, 0.1) is 0 Å². The normalized spacial score (nSPS) is 11.1. The number of ether oxygens (including phenoxy) is 2. The first-order valence-corrected chi connectivity index (χ1v) is 10.4. The highest BCUT2D eigenvalue weighted by molar-refractivity contribution is 6.30. The highest BCUT2D eigenvalue weighted by atomic mass is 35.5. The van der Waals surface area contributed by atoms with Crippen molar-refractivity contribution in [2.45, 2.75) is 33.3 Å². The summed E-state index contributed by atoms with van der Waals surface area (Å²) in [7, 11) is 0. The van der Waals surface area contributed by atoms with Gasteiger partial charge in [-0.15, -0.1) is 0 Å². The van der Waals surface area contributed by atoms with Gasteiger partial charge in [-0.1, -0.05) is 37.6 Å². The molecule has 0 aliphatic rings. The van der Waals surface area contributed by atoms with Crippen molar-refractivity contribution in [3.05, 3.63) is 80.7 Å². The molecule has 0 radical (unpaired) electrons. The molecule has 0 aliphatic carbocycles. The number of anilines is 1. The molecule has 2 N–H and O–H groups in total. The van der Waals surface area contributed by atoms with Crippen LogP contribution in [0.25, 0.3) is 0 Å². The summed E-state index contributed by atoms with van der Waals surface area (Å²) < 4.78 is 11.6. The third-order valence-electron chi connectivity index (χ3n) is 4.29. The van der Waals surface area contributed by atoms with Crippen LogP contribution in [-0.4, -0.2) is 22.8 Å². The van der Waals surface area contributed by atoms with E-state index in [4.69, 9.17) is 21.1 Å². The Morgan fingerprint density at radius 2 is 2.00 bits per heavy atom. The van der Waals surface area contributed by atoms with Gasteiger partial charge in [0.2, 0.25) is 5.95 Å². The third kappa shape index (κ3) is 6.58. The van der Waals surface area contributed by atoms with Crippen molar-refractivity contribution in [1.82, 2.24) is 9.97 Å². The number of hydrazone groups is 1. The Bertz CT molecular complexity index is 1110. The van der Waals surface area contributed by atoms with Gasteiger partial charge >= 0.3 is 0 Å². The fourth-order valence-corrected chi connectivity index (χ4v) is 2.99. The summed E-state index contributed by atoms with van der Waals surface area (Å²) in [5, 5.41) is 4.84. The summed E-state index contributed by atoms with van der Waals surface area (Å²) in [6.07, 6.45) is 1.62. The fourth-order valence-electron chi connectivity index (χ4n) is 2.77. The molecule has 31 heavy (non-hydrogen) atoms. The Labute approximate surface area is 186 Å². The lowest BCUT2D eigenvalue weighted by Crippen LogP contribution is -2.12. The minimum atomic E-state index is -0.226. The number of aromatic amines is 1. The molecule has 2 aromatic carbocycles. The van der Waals surface area contributed by atoms with Gasteiger partial charge in [-0.3, -0.25) is 9.78 Å². The molecule has 0 amide bonds. The summed E-state index contributed by atoms with van der Waals surface area (Å²) in [5.74, 6) is 1.67. The van der Waals surface area contributed by atoms with Crippen LogP contribution in [0.1, 0.15) is 43.5 Å². The maximum Gasteiger partial charge on any atom is 0.252 e. The molecule has 0 atom stereocenters. The first-order valence-electron chi connectivity index (χ1n) is 9.99. The number of nitrogens with zero attached hydrogens (tertiary/aromatic N) is 2. The second kappa shape index (κ2) is 10.6. The Balaban J connectivity index is 1.70. The monoisotopic (exact) mass is 440 g/mol. The van der Waals surface area contributed by atoms with Gasteiger partial charge in [-0.05, 0) is 54.3 Å². The Morgan fingerprint density at radius 3 is 2.74 bits per heavy atom. The van der Waals surface area contributed by atoms with Gasteiger partial charge in [-0.25, -0.2) is 10.4 Å². The SMILES string of the molecule is CCOc1cc(/C=N\Nc2nc(C(C)C)cc(=O)[nH]2)ccc1OCc1cccc(Cl)c1. The second-order valence-corrected chi connectivity index (χ2v) is 7.54. The van der Waals surface area contributed by atoms with Gasteiger partial charge in [-0.2, -0.15) is 5.10 Å². The zero-order valence-corrected chi connectivity index (χ0v) is 18.4. The van der Waals surface area contributed by atoms with Gasteiger partial charge in [0.05, 0.1) is 18.5 Å². The number of halogens is 1. The van der Waals surface area contributed by atoms with Crippen LogP contribution >= 0.6 is 11.6 Å². The van der Waals surface area contributed by atoms with E-state index in [9.17, 15) is 4.79 Å². The van der Waals surface area contributed by atoms with E-state index in [2.05, 4.69) is 20.5 Å². The number of nitrogens with one attached hydrogen (secondary N) is 2. The van der Waals surface area contributed by atoms with Gasteiger partial charge in [0.1, 0.15) is 6.61 Å². The minimum absolute atomic E-state index is 0.139. The van der Waals surface area contributed by atoms with E-state index in [1.54, 1.807) is 6.21 Å². The lowest BCUT2D eigenvalue weighted by Gasteiger charge is -2.13. The highest BCUT2D eigenvalue weighted by Crippen LogP contribution is 2.29. The van der Waals surface area contributed by atoms with E-state index in [1.165, 1.54) is 6.07 Å². The summed E-state index contributed by atoms with van der Waals surface area (Å²) in [4.78, 5) is 18.7. The average molecular weight is 441 g/mol. The van der Waals surface area contributed by atoms with E-state index in [-0.39, 0.29) is 11.5 Å². The van der Waals surface area contributed by atoms with Crippen LogP contribution in [0.15, 0.2) is 58.4 Å². The zero-order valence-electron chi connectivity index (χ0n) is 17.7. The van der Waals surface area contributed by atoms with Crippen molar-refractivity contribution in [2.24, 2.45) is 5.10 Å². The molecule has 0 aliphatic heterocycles. The molecule has 0 unspecified atom stereocenters. The molecular weight excluding hydrogens is 416 g/mol. The fraction of sp³-hybridized carbons (Fsp3) is 0.261. The number of hydrogen-bond acceptors (Lipinski definition) is 6. The van der Waals surface area contributed by atoms with E-state index < -0.39 is 0 Å². The third-order valence-corrected chi connectivity index (χ3v) is 4.52. The van der Waals surface area contributed by atoms with Gasteiger partial charge in [0.25, 0.3) is 5.56 Å². The molecule has 3 aromatic rings. The maximum atomic E-state index is 11.8. The van der Waals surface area contributed by atoms with Gasteiger partial charge in [0, 0.05) is 11.1 Å². The lowest BCUT2D eigenvalue weighted by atomic mass is 10.1. The number of aromatic nitrogens is 2. The Morgan fingerprint density at radius 1 is 1.16 bits per heavy atom. The molecule has 1 aromatic heterocycles. The van der Waals surface area contributed by atoms with Crippen LogP contribution in [0.3, 0.4) is 0 Å². The first-order chi connectivity index (χ1) is 14.9. The van der Waals surface area contributed by atoms with E-state index in [1.807, 2.05) is 63.2 Å². The van der Waals surface area contributed by atoms with Crippen LogP contribution in [0.2, 0.25) is 5.02 Å². The number of rotatable bonds is 9. The standard InChI is InChI=1S/C23H25ClN4O3/c1-4-30-21-11-16(8-9-20(21)31-14-17-6-5-7-18(24)10-17)13-25-28-23-26-19(15(2)3)12-22(29)27-23/h5-13,15H,4,14H2,1-3H3,(H2,26,27,28,29)/b25-13-. The van der Waals surface area contributed by atoms with Crippen LogP contribution in [-0.2, 0) is 6.61 Å². The topological polar surface area (TPSA) is 88.6 Å². The Hall–Kier alpha value is -3.32. The summed E-state index contributed by atoms with van der Waals surface area (Å²) in [6.45, 7) is 6.73. The molecule has 7 nitrogen and oxygen atoms in total. The average Bonchev–Trinajstić information content (AvgIpc) is 2.73. The van der Waals surface area contributed by atoms with Gasteiger partial charge < -0.3 is 9.47 Å². The highest BCUT2D eigenvalue weighted by Gasteiger charge is 2.07.